The fourth-order valence-corrected chi connectivity index (χ4v) is 2.66. The number of unbranched alkanes of at least 4 members (excludes halogenated alkanes) is 5. The second-order valence-corrected chi connectivity index (χ2v) is 5.73. The summed E-state index contributed by atoms with van der Waals surface area (Å²) in [6.07, 6.45) is 10.0. The number of aryl methyl sites for hydroxylation is 2. The van der Waals surface area contributed by atoms with Crippen LogP contribution in [0, 0.1) is 5.82 Å². The molecule has 0 nitrogen and oxygen atoms in total. The van der Waals surface area contributed by atoms with Crippen molar-refractivity contribution in [2.24, 2.45) is 0 Å². The smallest absolute Gasteiger partial charge is 0.123 e. The van der Waals surface area contributed by atoms with Crippen molar-refractivity contribution < 1.29 is 4.39 Å². The fourth-order valence-electron chi connectivity index (χ4n) is 2.66. The summed E-state index contributed by atoms with van der Waals surface area (Å²) in [7, 11) is 0. The van der Waals surface area contributed by atoms with Crippen LogP contribution in [0.5, 0.6) is 0 Å². The minimum atomic E-state index is -0.142. The van der Waals surface area contributed by atoms with E-state index in [1.807, 2.05) is 12.1 Å². The fraction of sp³-hybridized carbons (Fsp3) is 0.400. The molecule has 0 fully saturated rings. The van der Waals surface area contributed by atoms with Gasteiger partial charge in [-0.1, -0.05) is 68.1 Å². The van der Waals surface area contributed by atoms with E-state index in [4.69, 9.17) is 0 Å². The summed E-state index contributed by atoms with van der Waals surface area (Å²) >= 11 is 0. The van der Waals surface area contributed by atoms with Crippen molar-refractivity contribution in [3.63, 3.8) is 0 Å². The van der Waals surface area contributed by atoms with E-state index in [-0.39, 0.29) is 5.82 Å². The third kappa shape index (κ3) is 6.57. The maximum Gasteiger partial charge on any atom is 0.123 e. The Morgan fingerprint density at radius 1 is 0.524 bits per heavy atom. The van der Waals surface area contributed by atoms with Gasteiger partial charge in [-0.3, -0.25) is 0 Å². The first-order valence-corrected chi connectivity index (χ1v) is 8.13. The van der Waals surface area contributed by atoms with E-state index in [1.165, 1.54) is 56.1 Å². The lowest BCUT2D eigenvalue weighted by Gasteiger charge is -2.03. The molecule has 1 heteroatoms. The molecular weight excluding hydrogens is 259 g/mol. The third-order valence-electron chi connectivity index (χ3n) is 3.94. The Balaban J connectivity index is 1.46. The topological polar surface area (TPSA) is 0 Å². The van der Waals surface area contributed by atoms with Crippen LogP contribution in [0.3, 0.4) is 0 Å². The van der Waals surface area contributed by atoms with E-state index in [0.717, 1.165) is 6.42 Å². The van der Waals surface area contributed by atoms with Crippen molar-refractivity contribution in [2.45, 2.75) is 51.4 Å². The summed E-state index contributed by atoms with van der Waals surface area (Å²) in [4.78, 5) is 0. The number of hydrogen-bond acceptors (Lipinski definition) is 0. The first-order valence-electron chi connectivity index (χ1n) is 8.13. The number of hydrogen-bond donors (Lipinski definition) is 0. The van der Waals surface area contributed by atoms with Crippen LogP contribution in [0.2, 0.25) is 0 Å². The second-order valence-electron chi connectivity index (χ2n) is 5.73. The predicted octanol–water partition coefficient (Wildman–Crippen LogP) is 5.95. The summed E-state index contributed by atoms with van der Waals surface area (Å²) in [6.45, 7) is 0. The molecule has 112 valence electrons. The van der Waals surface area contributed by atoms with E-state index in [0.29, 0.717) is 0 Å². The SMILES string of the molecule is Fc1ccc(CCCCCCCCc2ccccc2)cc1. The highest BCUT2D eigenvalue weighted by Gasteiger charge is 1.96. The zero-order valence-corrected chi connectivity index (χ0v) is 12.7. The Labute approximate surface area is 128 Å². The molecule has 0 radical (unpaired) electrons. The molecule has 0 spiro atoms. The van der Waals surface area contributed by atoms with Gasteiger partial charge in [0.15, 0.2) is 0 Å². The molecule has 0 atom stereocenters. The average molecular weight is 284 g/mol. The molecule has 2 rings (SSSR count). The van der Waals surface area contributed by atoms with Gasteiger partial charge in [-0.25, -0.2) is 4.39 Å². The molecule has 0 aromatic heterocycles. The van der Waals surface area contributed by atoms with Crippen molar-refractivity contribution in [1.29, 1.82) is 0 Å². The minimum Gasteiger partial charge on any atom is -0.207 e. The Hall–Kier alpha value is -1.63. The van der Waals surface area contributed by atoms with Gasteiger partial charge in [-0.15, -0.1) is 0 Å². The normalized spacial score (nSPS) is 10.7. The van der Waals surface area contributed by atoms with Crippen LogP contribution in [0.1, 0.15) is 49.7 Å². The summed E-state index contributed by atoms with van der Waals surface area (Å²) in [5.74, 6) is -0.142. The van der Waals surface area contributed by atoms with E-state index in [1.54, 1.807) is 12.1 Å². The van der Waals surface area contributed by atoms with Crippen molar-refractivity contribution in [1.82, 2.24) is 0 Å². The van der Waals surface area contributed by atoms with E-state index >= 15 is 0 Å². The lowest BCUT2D eigenvalue weighted by atomic mass is 10.0. The van der Waals surface area contributed by atoms with Gasteiger partial charge >= 0.3 is 0 Å². The van der Waals surface area contributed by atoms with Gasteiger partial charge in [0.2, 0.25) is 0 Å². The monoisotopic (exact) mass is 284 g/mol. The van der Waals surface area contributed by atoms with Crippen LogP contribution in [0.15, 0.2) is 54.6 Å². The van der Waals surface area contributed by atoms with Gasteiger partial charge in [0.05, 0.1) is 0 Å². The van der Waals surface area contributed by atoms with Crippen LogP contribution >= 0.6 is 0 Å². The highest BCUT2D eigenvalue weighted by molar-refractivity contribution is 5.16. The molecule has 0 N–H and O–H groups in total. The number of benzene rings is 2. The number of halogens is 1. The third-order valence-corrected chi connectivity index (χ3v) is 3.94. The molecule has 0 saturated carbocycles. The zero-order chi connectivity index (χ0) is 14.8. The molecule has 2 aromatic rings. The lowest BCUT2D eigenvalue weighted by Crippen LogP contribution is -1.88. The van der Waals surface area contributed by atoms with Crippen LogP contribution in [-0.4, -0.2) is 0 Å². The Morgan fingerprint density at radius 3 is 1.57 bits per heavy atom. The molecule has 0 saturated heterocycles. The highest BCUT2D eigenvalue weighted by Crippen LogP contribution is 2.12. The second kappa shape index (κ2) is 9.33. The van der Waals surface area contributed by atoms with Gasteiger partial charge in [0.25, 0.3) is 0 Å². The minimum absolute atomic E-state index is 0.142. The van der Waals surface area contributed by atoms with Crippen molar-refractivity contribution in [3.8, 4) is 0 Å². The summed E-state index contributed by atoms with van der Waals surface area (Å²) in [6, 6.07) is 17.6. The van der Waals surface area contributed by atoms with E-state index in [2.05, 4.69) is 30.3 Å². The molecule has 2 aromatic carbocycles. The van der Waals surface area contributed by atoms with Crippen molar-refractivity contribution in [2.75, 3.05) is 0 Å². The largest absolute Gasteiger partial charge is 0.207 e. The van der Waals surface area contributed by atoms with Crippen LogP contribution in [0.4, 0.5) is 4.39 Å². The first-order chi connectivity index (χ1) is 10.3. The van der Waals surface area contributed by atoms with E-state index < -0.39 is 0 Å². The molecule has 21 heavy (non-hydrogen) atoms. The summed E-state index contributed by atoms with van der Waals surface area (Å²) in [5.41, 5.74) is 2.70. The molecule has 0 unspecified atom stereocenters. The van der Waals surface area contributed by atoms with Crippen LogP contribution in [0.25, 0.3) is 0 Å². The standard InChI is InChI=1S/C20H25F/c21-20-16-14-19(15-17-20)13-7-4-2-1-3-6-10-18-11-8-5-9-12-18/h5,8-9,11-12,14-17H,1-4,6-7,10,13H2. The van der Waals surface area contributed by atoms with Gasteiger partial charge in [-0.05, 0) is 48.9 Å². The maximum atomic E-state index is 12.8. The first kappa shape index (κ1) is 15.8. The molecule has 0 amide bonds. The number of rotatable bonds is 9. The molecule has 0 heterocycles. The molecule has 0 aliphatic heterocycles. The molecule has 0 bridgehead atoms. The maximum absolute atomic E-state index is 12.8. The van der Waals surface area contributed by atoms with Crippen LogP contribution < -0.4 is 0 Å². The van der Waals surface area contributed by atoms with E-state index in [9.17, 15) is 4.39 Å². The average Bonchev–Trinajstić information content (AvgIpc) is 2.53. The Bertz CT molecular complexity index is 487. The Morgan fingerprint density at radius 2 is 1.00 bits per heavy atom. The van der Waals surface area contributed by atoms with Crippen LogP contribution in [-0.2, 0) is 12.8 Å². The molecule has 0 aliphatic rings. The lowest BCUT2D eigenvalue weighted by molar-refractivity contribution is 0.593. The molecule has 0 aliphatic carbocycles. The highest BCUT2D eigenvalue weighted by atomic mass is 19.1. The summed E-state index contributed by atoms with van der Waals surface area (Å²) in [5, 5.41) is 0. The quantitative estimate of drug-likeness (QED) is 0.499. The zero-order valence-electron chi connectivity index (χ0n) is 12.7. The van der Waals surface area contributed by atoms with Gasteiger partial charge in [0.1, 0.15) is 5.82 Å². The van der Waals surface area contributed by atoms with Gasteiger partial charge in [0, 0.05) is 0 Å². The Kier molecular flexibility index (Phi) is 7.00. The predicted molar refractivity (Wildman–Crippen MR) is 88.0 cm³/mol. The van der Waals surface area contributed by atoms with Crippen molar-refractivity contribution >= 4 is 0 Å². The van der Waals surface area contributed by atoms with Gasteiger partial charge < -0.3 is 0 Å². The summed E-state index contributed by atoms with van der Waals surface area (Å²) < 4.78 is 12.8. The van der Waals surface area contributed by atoms with Gasteiger partial charge in [-0.2, -0.15) is 0 Å². The van der Waals surface area contributed by atoms with Crippen molar-refractivity contribution in [3.05, 3.63) is 71.5 Å². The molecular formula is C20H25F.